The fourth-order valence-corrected chi connectivity index (χ4v) is 4.60. The lowest BCUT2D eigenvalue weighted by molar-refractivity contribution is -0.156. The maximum absolute atomic E-state index is 11.2. The molecule has 43 heavy (non-hydrogen) atoms. The minimum Gasteiger partial charge on any atom is -0.481 e. The van der Waals surface area contributed by atoms with Crippen molar-refractivity contribution in [2.24, 2.45) is 0 Å². The van der Waals surface area contributed by atoms with E-state index < -0.39 is 65.1 Å². The van der Waals surface area contributed by atoms with E-state index in [4.69, 9.17) is 29.3 Å². The normalized spacial score (nSPS) is 13.9. The predicted molar refractivity (Wildman–Crippen MR) is 162 cm³/mol. The molecule has 4 N–H and O–H groups in total. The third kappa shape index (κ3) is 20.3. The Hall–Kier alpha value is -2.38. The molecule has 0 aromatic heterocycles. The molecule has 0 aromatic carbocycles. The molecule has 14 nitrogen and oxygen atoms in total. The second kappa shape index (κ2) is 19.8. The van der Waals surface area contributed by atoms with Gasteiger partial charge in [-0.15, -0.1) is 0 Å². The van der Waals surface area contributed by atoms with Crippen LogP contribution >= 0.6 is 0 Å². The van der Waals surface area contributed by atoms with Gasteiger partial charge in [-0.25, -0.2) is 9.59 Å². The highest BCUT2D eigenvalue weighted by Gasteiger charge is 2.41. The summed E-state index contributed by atoms with van der Waals surface area (Å²) in [6, 6.07) is 0. The van der Waals surface area contributed by atoms with Gasteiger partial charge in [0, 0.05) is 0 Å². The summed E-state index contributed by atoms with van der Waals surface area (Å²) in [6.45, 7) is 22.0. The Labute approximate surface area is 257 Å². The molecule has 0 aromatic rings. The van der Waals surface area contributed by atoms with Crippen molar-refractivity contribution in [1.29, 1.82) is 0 Å². The number of carbonyl (C=O) groups is 5. The number of aliphatic hydroxyl groups excluding tert-OH is 2. The molecular weight excluding hydrogens is 604 g/mol. The molecule has 0 heterocycles. The van der Waals surface area contributed by atoms with Crippen LogP contribution in [-0.4, -0.2) is 113 Å². The average Bonchev–Trinajstić information content (AvgIpc) is 2.85. The molecule has 0 amide bonds. The van der Waals surface area contributed by atoms with E-state index in [0.717, 1.165) is 14.2 Å². The summed E-state index contributed by atoms with van der Waals surface area (Å²) in [5, 5.41) is 34.8. The summed E-state index contributed by atoms with van der Waals surface area (Å²) in [7, 11) is -0.480. The zero-order valence-corrected chi connectivity index (χ0v) is 29.9. The Balaban J connectivity index is -0.000000634. The van der Waals surface area contributed by atoms with Crippen LogP contribution in [0.1, 0.15) is 60.8 Å². The van der Waals surface area contributed by atoms with E-state index in [0.29, 0.717) is 6.61 Å². The van der Waals surface area contributed by atoms with Gasteiger partial charge in [0.2, 0.25) is 0 Å². The Bertz CT molecular complexity index is 891. The first-order valence-corrected chi connectivity index (χ1v) is 19.3. The number of hydrogen-bond acceptors (Lipinski definition) is 12. The Kier molecular flexibility index (Phi) is 20.8. The maximum atomic E-state index is 11.2. The van der Waals surface area contributed by atoms with Crippen molar-refractivity contribution in [2.75, 3.05) is 27.9 Å². The Morgan fingerprint density at radius 3 is 1.35 bits per heavy atom. The molecule has 0 unspecified atom stereocenters. The molecule has 254 valence electrons. The van der Waals surface area contributed by atoms with Crippen molar-refractivity contribution in [3.8, 4) is 0 Å². The highest BCUT2D eigenvalue weighted by atomic mass is 28.4. The van der Waals surface area contributed by atoms with Gasteiger partial charge >= 0.3 is 29.8 Å². The quantitative estimate of drug-likeness (QED) is 0.127. The first-order valence-electron chi connectivity index (χ1n) is 13.5. The monoisotopic (exact) mass is 658 g/mol. The van der Waals surface area contributed by atoms with Crippen LogP contribution in [0.4, 0.5) is 0 Å². The fourth-order valence-electron chi connectivity index (χ4n) is 2.23. The Morgan fingerprint density at radius 2 is 1.05 bits per heavy atom. The van der Waals surface area contributed by atoms with Crippen molar-refractivity contribution in [3.63, 3.8) is 0 Å². The number of rotatable bonds is 13. The fraction of sp³-hybridized carbons (Fsp3) is 0.815. The van der Waals surface area contributed by atoms with Crippen LogP contribution in [0.25, 0.3) is 0 Å². The van der Waals surface area contributed by atoms with Crippen molar-refractivity contribution < 1.29 is 67.5 Å². The number of aliphatic hydroxyl groups is 2. The predicted octanol–water partition coefficient (Wildman–Crippen LogP) is 2.95. The molecule has 0 aliphatic carbocycles. The van der Waals surface area contributed by atoms with Gasteiger partial charge in [0.25, 0.3) is 0 Å². The van der Waals surface area contributed by atoms with E-state index in [-0.39, 0.29) is 29.0 Å². The van der Waals surface area contributed by atoms with Crippen LogP contribution in [-0.2, 0) is 47.0 Å². The second-order valence-corrected chi connectivity index (χ2v) is 22.2. The van der Waals surface area contributed by atoms with Crippen LogP contribution in [0.3, 0.4) is 0 Å². The van der Waals surface area contributed by atoms with Crippen molar-refractivity contribution in [3.05, 3.63) is 0 Å². The standard InChI is InChI=1S/C16H36O4Si2.C6H10O5.C5H8O5/c1-15(2,3)21(7,8)19-12-13(11-14(17)18)20-22(9,10)16(4,5)6;1-10-5(8)3-4(7)6(9)11-2;1-10-4(7)2-3(6)5(8)9/h13H,11-12H2,1-10H3,(H,17,18);4,7H,3H2,1-2H3;3,6H,2H2,1H3,(H,8,9)/t13-;4-;3-/m111/s1. The zero-order chi connectivity index (χ0) is 35.0. The molecule has 0 saturated carbocycles. The van der Waals surface area contributed by atoms with Crippen LogP contribution in [0.5, 0.6) is 0 Å². The number of ether oxygens (including phenoxy) is 3. The number of esters is 3. The molecule has 0 fully saturated rings. The number of carbonyl (C=O) groups excluding carboxylic acids is 3. The molecular formula is C27H54O14Si2. The topological polar surface area (TPSA) is 212 Å². The lowest BCUT2D eigenvalue weighted by atomic mass is 10.2. The maximum Gasteiger partial charge on any atom is 0.335 e. The minimum absolute atomic E-state index is 0.00112. The van der Waals surface area contributed by atoms with Crippen molar-refractivity contribution >= 4 is 46.5 Å². The first kappa shape index (κ1) is 45.1. The Morgan fingerprint density at radius 1 is 0.651 bits per heavy atom. The van der Waals surface area contributed by atoms with E-state index in [1.807, 2.05) is 0 Å². The number of carboxylic acids is 2. The van der Waals surface area contributed by atoms with Crippen LogP contribution in [0.15, 0.2) is 0 Å². The van der Waals surface area contributed by atoms with Gasteiger partial charge in [0.05, 0.1) is 53.3 Å². The SMILES string of the molecule is CC(C)(C)[Si](C)(C)OC[C@@H](CC(=O)O)O[Si](C)(C)C(C)(C)C.COC(=O)C[C@@H](O)C(=O)O.COC(=O)C[C@@H](O)C(=O)OC. The van der Waals surface area contributed by atoms with Crippen molar-refractivity contribution in [1.82, 2.24) is 0 Å². The zero-order valence-electron chi connectivity index (χ0n) is 27.9. The molecule has 0 aliphatic heterocycles. The smallest absolute Gasteiger partial charge is 0.335 e. The second-order valence-electron chi connectivity index (χ2n) is 12.6. The van der Waals surface area contributed by atoms with Gasteiger partial charge in [-0.05, 0) is 36.3 Å². The number of hydrogen-bond donors (Lipinski definition) is 4. The summed E-state index contributed by atoms with van der Waals surface area (Å²) in [5.41, 5.74) is 0. The van der Waals surface area contributed by atoms with Gasteiger partial charge in [-0.2, -0.15) is 0 Å². The minimum atomic E-state index is -2.00. The molecule has 0 saturated heterocycles. The van der Waals surface area contributed by atoms with Gasteiger partial charge in [0.15, 0.2) is 28.8 Å². The highest BCUT2D eigenvalue weighted by molar-refractivity contribution is 6.74. The summed E-state index contributed by atoms with van der Waals surface area (Å²) in [4.78, 5) is 52.3. The van der Waals surface area contributed by atoms with Crippen LogP contribution in [0.2, 0.25) is 36.3 Å². The van der Waals surface area contributed by atoms with E-state index in [1.54, 1.807) is 0 Å². The van der Waals surface area contributed by atoms with Gasteiger partial charge in [0.1, 0.15) is 0 Å². The van der Waals surface area contributed by atoms with Crippen molar-refractivity contribution in [2.45, 2.75) is 115 Å². The van der Waals surface area contributed by atoms with Gasteiger partial charge in [-0.3, -0.25) is 14.4 Å². The average molecular weight is 659 g/mol. The van der Waals surface area contributed by atoms with Gasteiger partial charge in [-0.1, -0.05) is 41.5 Å². The first-order chi connectivity index (χ1) is 19.2. The lowest BCUT2D eigenvalue weighted by Crippen LogP contribution is -2.48. The van der Waals surface area contributed by atoms with E-state index >= 15 is 0 Å². The summed E-state index contributed by atoms with van der Waals surface area (Å²) < 4.78 is 24.9. The molecule has 0 radical (unpaired) electrons. The van der Waals surface area contributed by atoms with E-state index in [1.165, 1.54) is 7.11 Å². The third-order valence-electron chi connectivity index (χ3n) is 7.04. The molecule has 0 spiro atoms. The molecule has 3 atom stereocenters. The highest BCUT2D eigenvalue weighted by Crippen LogP contribution is 2.39. The molecule has 0 bridgehead atoms. The van der Waals surface area contributed by atoms with Crippen LogP contribution in [0, 0.1) is 0 Å². The summed E-state index contributed by atoms with van der Waals surface area (Å²) in [5.74, 6) is -4.49. The largest absolute Gasteiger partial charge is 0.481 e. The van der Waals surface area contributed by atoms with Gasteiger partial charge < -0.3 is 43.5 Å². The molecule has 0 aliphatic rings. The lowest BCUT2D eigenvalue weighted by Gasteiger charge is -2.41. The molecule has 0 rings (SSSR count). The number of methoxy groups -OCH3 is 3. The van der Waals surface area contributed by atoms with Crippen LogP contribution < -0.4 is 0 Å². The molecule has 16 heteroatoms. The summed E-state index contributed by atoms with van der Waals surface area (Å²) >= 11 is 0. The third-order valence-corrected chi connectivity index (χ3v) is 16.1. The number of aliphatic carboxylic acids is 2. The summed E-state index contributed by atoms with van der Waals surface area (Å²) in [6.07, 6.45) is -4.33. The number of carboxylic acid groups (broad SMARTS) is 2. The van der Waals surface area contributed by atoms with E-state index in [9.17, 15) is 24.0 Å². The van der Waals surface area contributed by atoms with E-state index in [2.05, 4.69) is 81.9 Å².